The van der Waals surface area contributed by atoms with Gasteiger partial charge in [0.2, 0.25) is 0 Å². The molecule has 1 atom stereocenters. The lowest BCUT2D eigenvalue weighted by molar-refractivity contribution is 0.00591. The molecule has 0 aromatic carbocycles. The summed E-state index contributed by atoms with van der Waals surface area (Å²) in [5.41, 5.74) is 1.65. The van der Waals surface area contributed by atoms with Crippen LogP contribution >= 0.6 is 0 Å². The highest BCUT2D eigenvalue weighted by molar-refractivity contribution is 5.95. The maximum Gasteiger partial charge on any atom is 0.270 e. The fourth-order valence-electron chi connectivity index (χ4n) is 3.64. The summed E-state index contributed by atoms with van der Waals surface area (Å²) in [4.78, 5) is 21.4. The van der Waals surface area contributed by atoms with Crippen molar-refractivity contribution in [2.24, 2.45) is 12.5 Å². The molecule has 7 heteroatoms. The number of aliphatic hydroxyl groups excluding tert-OH is 1. The summed E-state index contributed by atoms with van der Waals surface area (Å²) in [5.74, 6) is -0.253. The number of nitrogens with one attached hydrogen (secondary N) is 1. The SMILES string of the molecule is Cn1cc(C(NC(=O)c2ccc3cnccc3n2)C2(CO)CCC2)cn1. The van der Waals surface area contributed by atoms with Crippen LogP contribution < -0.4 is 5.32 Å². The van der Waals surface area contributed by atoms with Crippen LogP contribution in [-0.4, -0.2) is 37.4 Å². The third-order valence-electron chi connectivity index (χ3n) is 5.33. The standard InChI is InChI=1S/C19H21N5O2/c1-24-11-14(10-21-24)17(19(12-25)6-2-7-19)23-18(26)16-4-3-13-9-20-8-5-15(13)22-16/h3-5,8-11,17,25H,2,6-7,12H2,1H3,(H,23,26). The number of aromatic nitrogens is 4. The molecule has 1 fully saturated rings. The summed E-state index contributed by atoms with van der Waals surface area (Å²) in [7, 11) is 1.84. The van der Waals surface area contributed by atoms with Gasteiger partial charge in [-0.2, -0.15) is 5.10 Å². The maximum atomic E-state index is 12.9. The largest absolute Gasteiger partial charge is 0.396 e. The Morgan fingerprint density at radius 1 is 1.35 bits per heavy atom. The molecule has 3 aromatic rings. The fourth-order valence-corrected chi connectivity index (χ4v) is 3.64. The summed E-state index contributed by atoms with van der Waals surface area (Å²) in [6, 6.07) is 5.03. The molecule has 2 N–H and O–H groups in total. The van der Waals surface area contributed by atoms with Crippen LogP contribution in [0, 0.1) is 5.41 Å². The Morgan fingerprint density at radius 3 is 2.85 bits per heavy atom. The molecule has 4 rings (SSSR count). The molecule has 7 nitrogen and oxygen atoms in total. The van der Waals surface area contributed by atoms with Gasteiger partial charge in [-0.15, -0.1) is 0 Å². The van der Waals surface area contributed by atoms with Crippen LogP contribution in [0.15, 0.2) is 43.0 Å². The van der Waals surface area contributed by atoms with E-state index in [2.05, 4.69) is 20.4 Å². The number of pyridine rings is 2. The second-order valence-corrected chi connectivity index (χ2v) is 6.99. The van der Waals surface area contributed by atoms with Crippen LogP contribution in [0.4, 0.5) is 0 Å². The second kappa shape index (κ2) is 6.49. The predicted molar refractivity (Wildman–Crippen MR) is 96.3 cm³/mol. The molecule has 0 bridgehead atoms. The number of carbonyl (C=O) groups is 1. The van der Waals surface area contributed by atoms with Gasteiger partial charge in [0.05, 0.1) is 24.4 Å². The minimum atomic E-state index is -0.334. The highest BCUT2D eigenvalue weighted by Gasteiger charge is 2.45. The van der Waals surface area contributed by atoms with Gasteiger partial charge < -0.3 is 10.4 Å². The van der Waals surface area contributed by atoms with E-state index in [0.717, 1.165) is 35.7 Å². The van der Waals surface area contributed by atoms with Crippen LogP contribution in [0.1, 0.15) is 41.4 Å². The zero-order chi connectivity index (χ0) is 18.1. The van der Waals surface area contributed by atoms with Crippen molar-refractivity contribution in [1.29, 1.82) is 0 Å². The first-order chi connectivity index (χ1) is 12.6. The topological polar surface area (TPSA) is 92.9 Å². The van der Waals surface area contributed by atoms with Gasteiger partial charge in [-0.3, -0.25) is 14.5 Å². The lowest BCUT2D eigenvalue weighted by Gasteiger charge is -2.46. The summed E-state index contributed by atoms with van der Waals surface area (Å²) in [6.07, 6.45) is 9.82. The molecule has 1 aliphatic rings. The molecule has 1 amide bonds. The third kappa shape index (κ3) is 2.84. The lowest BCUT2D eigenvalue weighted by atomic mass is 9.63. The zero-order valence-corrected chi connectivity index (χ0v) is 14.6. The molecular weight excluding hydrogens is 330 g/mol. The van der Waals surface area contributed by atoms with Gasteiger partial charge in [-0.05, 0) is 31.0 Å². The number of rotatable bonds is 5. The number of fused-ring (bicyclic) bond motifs is 1. The fraction of sp³-hybridized carbons (Fsp3) is 0.368. The van der Waals surface area contributed by atoms with Crippen LogP contribution in [0.2, 0.25) is 0 Å². The summed E-state index contributed by atoms with van der Waals surface area (Å²) >= 11 is 0. The number of nitrogens with zero attached hydrogens (tertiary/aromatic N) is 4. The first-order valence-corrected chi connectivity index (χ1v) is 8.72. The third-order valence-corrected chi connectivity index (χ3v) is 5.33. The van der Waals surface area contributed by atoms with Gasteiger partial charge in [-0.1, -0.05) is 6.42 Å². The van der Waals surface area contributed by atoms with Crippen molar-refractivity contribution in [2.75, 3.05) is 6.61 Å². The Kier molecular flexibility index (Phi) is 4.16. The number of aryl methyl sites for hydroxylation is 1. The number of amides is 1. The number of hydrogen-bond acceptors (Lipinski definition) is 5. The Bertz CT molecular complexity index is 942. The van der Waals surface area contributed by atoms with E-state index in [1.165, 1.54) is 0 Å². The summed E-state index contributed by atoms with van der Waals surface area (Å²) in [6.45, 7) is 0.0314. The van der Waals surface area contributed by atoms with Gasteiger partial charge in [0.25, 0.3) is 5.91 Å². The molecular formula is C19H21N5O2. The quantitative estimate of drug-likeness (QED) is 0.733. The van der Waals surface area contributed by atoms with E-state index in [4.69, 9.17) is 0 Å². The van der Waals surface area contributed by atoms with Crippen molar-refractivity contribution >= 4 is 16.8 Å². The molecule has 0 spiro atoms. The van der Waals surface area contributed by atoms with Gasteiger partial charge in [0.15, 0.2) is 0 Å². The van der Waals surface area contributed by atoms with Crippen LogP contribution in [-0.2, 0) is 7.05 Å². The van der Waals surface area contributed by atoms with Crippen LogP contribution in [0.3, 0.4) is 0 Å². The minimum absolute atomic E-state index is 0.0314. The molecule has 3 aromatic heterocycles. The normalized spacial score (nSPS) is 16.8. The Morgan fingerprint density at radius 2 is 2.19 bits per heavy atom. The van der Waals surface area contributed by atoms with Crippen molar-refractivity contribution in [1.82, 2.24) is 25.1 Å². The number of carbonyl (C=O) groups excluding carboxylic acids is 1. The Hall–Kier alpha value is -2.80. The average Bonchev–Trinajstić information content (AvgIpc) is 3.06. The summed E-state index contributed by atoms with van der Waals surface area (Å²) in [5, 5.41) is 18.2. The Labute approximate surface area is 151 Å². The smallest absolute Gasteiger partial charge is 0.270 e. The van der Waals surface area contributed by atoms with E-state index in [0.29, 0.717) is 5.69 Å². The maximum absolute atomic E-state index is 12.9. The molecule has 26 heavy (non-hydrogen) atoms. The first-order valence-electron chi connectivity index (χ1n) is 8.72. The van der Waals surface area contributed by atoms with Crippen molar-refractivity contribution in [2.45, 2.75) is 25.3 Å². The van der Waals surface area contributed by atoms with Crippen molar-refractivity contribution in [3.8, 4) is 0 Å². The molecule has 0 saturated heterocycles. The van der Waals surface area contributed by atoms with E-state index in [1.54, 1.807) is 35.4 Å². The lowest BCUT2D eigenvalue weighted by Crippen LogP contribution is -2.47. The molecule has 134 valence electrons. The van der Waals surface area contributed by atoms with E-state index < -0.39 is 0 Å². The highest BCUT2D eigenvalue weighted by atomic mass is 16.3. The molecule has 3 heterocycles. The number of hydrogen-bond donors (Lipinski definition) is 2. The van der Waals surface area contributed by atoms with E-state index in [1.807, 2.05) is 19.3 Å². The van der Waals surface area contributed by atoms with Crippen molar-refractivity contribution in [3.05, 3.63) is 54.2 Å². The zero-order valence-electron chi connectivity index (χ0n) is 14.6. The van der Waals surface area contributed by atoms with Gasteiger partial charge in [0.1, 0.15) is 5.69 Å². The van der Waals surface area contributed by atoms with E-state index in [-0.39, 0.29) is 24.0 Å². The molecule has 1 saturated carbocycles. The molecule has 0 aliphatic heterocycles. The van der Waals surface area contributed by atoms with E-state index >= 15 is 0 Å². The van der Waals surface area contributed by atoms with Crippen molar-refractivity contribution in [3.63, 3.8) is 0 Å². The average molecular weight is 351 g/mol. The molecule has 1 aliphatic carbocycles. The van der Waals surface area contributed by atoms with Gasteiger partial charge in [-0.25, -0.2) is 4.98 Å². The minimum Gasteiger partial charge on any atom is -0.396 e. The van der Waals surface area contributed by atoms with Crippen LogP contribution in [0.25, 0.3) is 10.9 Å². The predicted octanol–water partition coefficient (Wildman–Crippen LogP) is 2.00. The molecule has 1 unspecified atom stereocenters. The van der Waals surface area contributed by atoms with Gasteiger partial charge in [0, 0.05) is 42.0 Å². The van der Waals surface area contributed by atoms with Gasteiger partial charge >= 0.3 is 0 Å². The summed E-state index contributed by atoms with van der Waals surface area (Å²) < 4.78 is 1.71. The van der Waals surface area contributed by atoms with Crippen molar-refractivity contribution < 1.29 is 9.90 Å². The van der Waals surface area contributed by atoms with E-state index in [9.17, 15) is 9.90 Å². The first kappa shape index (κ1) is 16.7. The monoisotopic (exact) mass is 351 g/mol. The second-order valence-electron chi connectivity index (χ2n) is 6.99. The molecule has 0 radical (unpaired) electrons. The number of aliphatic hydroxyl groups is 1. The highest BCUT2D eigenvalue weighted by Crippen LogP contribution is 2.49. The van der Waals surface area contributed by atoms with Crippen LogP contribution in [0.5, 0.6) is 0 Å². The Balaban J connectivity index is 1.65.